The first kappa shape index (κ1) is 20.5. The topological polar surface area (TPSA) is 121 Å². The third-order valence-corrected chi connectivity index (χ3v) is 5.46. The van der Waals surface area contributed by atoms with Crippen LogP contribution in [-0.2, 0) is 16.0 Å². The van der Waals surface area contributed by atoms with Crippen LogP contribution < -0.4 is 0 Å². The van der Waals surface area contributed by atoms with Crippen LogP contribution in [0, 0.1) is 10.1 Å². The normalized spacial score (nSPS) is 15.2. The van der Waals surface area contributed by atoms with E-state index in [9.17, 15) is 24.8 Å². The van der Waals surface area contributed by atoms with Gasteiger partial charge in [0.1, 0.15) is 10.9 Å². The minimum Gasteiger partial charge on any atom is -0.502 e. The molecule has 1 amide bonds. The minimum atomic E-state index is -1.22. The van der Waals surface area contributed by atoms with E-state index in [0.29, 0.717) is 12.0 Å². The number of phenols is 1. The highest BCUT2D eigenvalue weighted by Gasteiger charge is 2.34. The van der Waals surface area contributed by atoms with Crippen molar-refractivity contribution in [1.82, 2.24) is 4.90 Å². The molecule has 3 rings (SSSR count). The van der Waals surface area contributed by atoms with Gasteiger partial charge in [0.05, 0.1) is 9.83 Å². The van der Waals surface area contributed by atoms with Gasteiger partial charge in [-0.2, -0.15) is 0 Å². The molecule has 0 aromatic heterocycles. The van der Waals surface area contributed by atoms with Crippen LogP contribution in [0.15, 0.2) is 47.4 Å². The Labute approximate surface area is 174 Å². The first-order valence-corrected chi connectivity index (χ1v) is 9.50. The van der Waals surface area contributed by atoms with E-state index >= 15 is 0 Å². The lowest BCUT2D eigenvalue weighted by Gasteiger charge is -2.10. The molecule has 1 saturated heterocycles. The zero-order valence-corrected chi connectivity index (χ0v) is 16.4. The molecule has 0 atom stereocenters. The minimum absolute atomic E-state index is 0.0677. The number of nitrogens with zero attached hydrogens (tertiary/aromatic N) is 2. The first-order valence-electron chi connectivity index (χ1n) is 8.27. The number of hydrogen-bond donors (Lipinski definition) is 2. The lowest BCUT2D eigenvalue weighted by molar-refractivity contribution is -0.385. The van der Waals surface area contributed by atoms with E-state index in [1.165, 1.54) is 12.1 Å². The molecule has 1 heterocycles. The second kappa shape index (κ2) is 8.41. The summed E-state index contributed by atoms with van der Waals surface area (Å²) in [5.74, 6) is -2.42. The third-order valence-electron chi connectivity index (χ3n) is 4.08. The molecule has 1 aliphatic rings. The molecule has 0 spiro atoms. The Morgan fingerprint density at radius 1 is 1.24 bits per heavy atom. The Morgan fingerprint density at radius 3 is 2.55 bits per heavy atom. The van der Waals surface area contributed by atoms with Gasteiger partial charge in [-0.3, -0.25) is 24.6 Å². The number of nitro groups is 1. The number of hydrogen-bond acceptors (Lipinski definition) is 7. The Morgan fingerprint density at radius 2 is 1.93 bits per heavy atom. The SMILES string of the molecule is O=C(O)CN1C(=O)/C(=C/c2cc(Cc3ccccc3)cc([N+](=O)[O-])c2O)SC1=S. The molecule has 1 aliphatic heterocycles. The molecule has 1 fully saturated rings. The van der Waals surface area contributed by atoms with Crippen molar-refractivity contribution < 1.29 is 24.7 Å². The van der Waals surface area contributed by atoms with Crippen LogP contribution in [-0.4, -0.2) is 42.8 Å². The van der Waals surface area contributed by atoms with Crippen molar-refractivity contribution in [2.45, 2.75) is 6.42 Å². The van der Waals surface area contributed by atoms with Crippen LogP contribution in [0.4, 0.5) is 5.69 Å². The average Bonchev–Trinajstić information content (AvgIpc) is 2.92. The molecule has 0 aliphatic carbocycles. The molecule has 0 unspecified atom stereocenters. The van der Waals surface area contributed by atoms with Crippen LogP contribution in [0.5, 0.6) is 5.75 Å². The molecule has 29 heavy (non-hydrogen) atoms. The Balaban J connectivity index is 2.01. The van der Waals surface area contributed by atoms with Crippen molar-refractivity contribution >= 4 is 51.9 Å². The van der Waals surface area contributed by atoms with Gasteiger partial charge in [0.25, 0.3) is 5.91 Å². The maximum Gasteiger partial charge on any atom is 0.323 e. The van der Waals surface area contributed by atoms with Gasteiger partial charge in [-0.1, -0.05) is 54.3 Å². The smallest absolute Gasteiger partial charge is 0.323 e. The fraction of sp³-hybridized carbons (Fsp3) is 0.105. The average molecular weight is 430 g/mol. The van der Waals surface area contributed by atoms with Gasteiger partial charge in [0.2, 0.25) is 5.75 Å². The number of thiocarbonyl (C=S) groups is 1. The number of rotatable bonds is 6. The number of carbonyl (C=O) groups excluding carboxylic acids is 1. The van der Waals surface area contributed by atoms with Crippen LogP contribution in [0.2, 0.25) is 0 Å². The fourth-order valence-corrected chi connectivity index (χ4v) is 4.04. The van der Waals surface area contributed by atoms with Gasteiger partial charge in [-0.25, -0.2) is 0 Å². The number of aromatic hydroxyl groups is 1. The van der Waals surface area contributed by atoms with E-state index in [2.05, 4.69) is 0 Å². The van der Waals surface area contributed by atoms with Gasteiger partial charge < -0.3 is 10.2 Å². The number of benzene rings is 2. The Kier molecular flexibility index (Phi) is 5.95. The number of thioether (sulfide) groups is 1. The summed E-state index contributed by atoms with van der Waals surface area (Å²) in [6.45, 7) is -0.581. The Bertz CT molecular complexity index is 1050. The number of nitro benzene ring substituents is 1. The second-order valence-electron chi connectivity index (χ2n) is 6.13. The van der Waals surface area contributed by atoms with Crippen molar-refractivity contribution in [3.05, 3.63) is 74.2 Å². The van der Waals surface area contributed by atoms with Crippen LogP contribution in [0.1, 0.15) is 16.7 Å². The summed E-state index contributed by atoms with van der Waals surface area (Å²) in [6.07, 6.45) is 1.68. The van der Waals surface area contributed by atoms with Gasteiger partial charge >= 0.3 is 11.7 Å². The molecule has 10 heteroatoms. The monoisotopic (exact) mass is 430 g/mol. The summed E-state index contributed by atoms with van der Waals surface area (Å²) in [7, 11) is 0. The largest absolute Gasteiger partial charge is 0.502 e. The Hall–Kier alpha value is -3.24. The molecule has 148 valence electrons. The van der Waals surface area contributed by atoms with Crippen molar-refractivity contribution in [3.63, 3.8) is 0 Å². The standard InChI is InChI=1S/C19H14N2O6S2/c22-16(23)10-20-18(25)15(29-19(20)28)9-13-7-12(6-11-4-2-1-3-5-11)8-14(17(13)24)21(26)27/h1-5,7-9,24H,6,10H2,(H,22,23)/b15-9-. The predicted octanol–water partition coefficient (Wildman–Crippen LogP) is 3.18. The van der Waals surface area contributed by atoms with E-state index in [0.717, 1.165) is 22.2 Å². The molecule has 2 N–H and O–H groups in total. The lowest BCUT2D eigenvalue weighted by atomic mass is 10.0. The number of carbonyl (C=O) groups is 2. The summed E-state index contributed by atoms with van der Waals surface area (Å²) in [5.41, 5.74) is 1.10. The van der Waals surface area contributed by atoms with Crippen molar-refractivity contribution in [2.75, 3.05) is 6.54 Å². The highest BCUT2D eigenvalue weighted by Crippen LogP contribution is 2.37. The summed E-state index contributed by atoms with van der Waals surface area (Å²) in [5, 5.41) is 30.6. The quantitative estimate of drug-likeness (QED) is 0.310. The van der Waals surface area contributed by atoms with E-state index < -0.39 is 34.8 Å². The predicted molar refractivity (Wildman–Crippen MR) is 112 cm³/mol. The van der Waals surface area contributed by atoms with Gasteiger partial charge in [-0.15, -0.1) is 0 Å². The summed E-state index contributed by atoms with van der Waals surface area (Å²) >= 11 is 5.91. The van der Waals surface area contributed by atoms with E-state index in [1.54, 1.807) is 6.07 Å². The lowest BCUT2D eigenvalue weighted by Crippen LogP contribution is -2.33. The van der Waals surface area contributed by atoms with E-state index in [1.807, 2.05) is 30.3 Å². The molecular weight excluding hydrogens is 416 g/mol. The van der Waals surface area contributed by atoms with Crippen LogP contribution in [0.3, 0.4) is 0 Å². The number of amides is 1. The number of carboxylic acid groups (broad SMARTS) is 1. The third kappa shape index (κ3) is 4.61. The van der Waals surface area contributed by atoms with E-state index in [-0.39, 0.29) is 14.8 Å². The maximum absolute atomic E-state index is 12.4. The van der Waals surface area contributed by atoms with Crippen molar-refractivity contribution in [3.8, 4) is 5.75 Å². The van der Waals surface area contributed by atoms with Crippen molar-refractivity contribution in [1.29, 1.82) is 0 Å². The van der Waals surface area contributed by atoms with Gasteiger partial charge in [0.15, 0.2) is 0 Å². The molecule has 0 saturated carbocycles. The highest BCUT2D eigenvalue weighted by atomic mass is 32.2. The molecular formula is C19H14N2O6S2. The van der Waals surface area contributed by atoms with Gasteiger partial charge in [0, 0.05) is 11.6 Å². The maximum atomic E-state index is 12.4. The molecule has 0 radical (unpaired) electrons. The molecule has 8 nitrogen and oxygen atoms in total. The van der Waals surface area contributed by atoms with Crippen LogP contribution in [0.25, 0.3) is 6.08 Å². The molecule has 2 aromatic rings. The molecule has 0 bridgehead atoms. The highest BCUT2D eigenvalue weighted by molar-refractivity contribution is 8.26. The van der Waals surface area contributed by atoms with Gasteiger partial charge in [-0.05, 0) is 29.7 Å². The number of carboxylic acids is 1. The fourth-order valence-electron chi connectivity index (χ4n) is 2.80. The second-order valence-corrected chi connectivity index (χ2v) is 7.81. The number of phenolic OH excluding ortho intramolecular Hbond substituents is 1. The zero-order chi connectivity index (χ0) is 21.1. The first-order chi connectivity index (χ1) is 13.8. The van der Waals surface area contributed by atoms with Crippen molar-refractivity contribution in [2.24, 2.45) is 0 Å². The summed E-state index contributed by atoms with van der Waals surface area (Å²) < 4.78 is 0.0677. The number of aliphatic carboxylic acids is 1. The molecule has 2 aromatic carbocycles. The zero-order valence-electron chi connectivity index (χ0n) is 14.8. The van der Waals surface area contributed by atoms with E-state index in [4.69, 9.17) is 17.3 Å². The summed E-state index contributed by atoms with van der Waals surface area (Å²) in [4.78, 5) is 35.0. The summed E-state index contributed by atoms with van der Waals surface area (Å²) in [6, 6.07) is 12.1. The van der Waals surface area contributed by atoms with Crippen LogP contribution >= 0.6 is 24.0 Å².